The predicted octanol–water partition coefficient (Wildman–Crippen LogP) is 2.53. The van der Waals surface area contributed by atoms with E-state index in [1.165, 1.54) is 6.92 Å². The molecule has 0 saturated carbocycles. The molecule has 2 aromatic carbocycles. The van der Waals surface area contributed by atoms with Gasteiger partial charge >= 0.3 is 0 Å². The van der Waals surface area contributed by atoms with Crippen LogP contribution >= 0.6 is 0 Å². The number of amides is 2. The number of hydrogen-bond donors (Lipinski definition) is 1. The van der Waals surface area contributed by atoms with Crippen molar-refractivity contribution in [2.75, 3.05) is 11.9 Å². The lowest BCUT2D eigenvalue weighted by molar-refractivity contribution is -0.138. The first kappa shape index (κ1) is 15.7. The molecule has 2 heterocycles. The van der Waals surface area contributed by atoms with Crippen LogP contribution in [0.4, 0.5) is 5.69 Å². The maximum Gasteiger partial charge on any atom is 0.264 e. The number of benzene rings is 2. The third-order valence-corrected chi connectivity index (χ3v) is 4.81. The van der Waals surface area contributed by atoms with Crippen molar-refractivity contribution in [1.29, 1.82) is 0 Å². The highest BCUT2D eigenvalue weighted by molar-refractivity contribution is 5.90. The highest BCUT2D eigenvalue weighted by Gasteiger charge is 2.33. The summed E-state index contributed by atoms with van der Waals surface area (Å²) in [5, 5.41) is 2.88. The van der Waals surface area contributed by atoms with Gasteiger partial charge < -0.3 is 15.0 Å². The summed E-state index contributed by atoms with van der Waals surface area (Å²) in [6.45, 7) is 2.70. The van der Waals surface area contributed by atoms with E-state index < -0.39 is 6.10 Å². The second-order valence-corrected chi connectivity index (χ2v) is 6.55. The number of nitrogens with zero attached hydrogens (tertiary/aromatic N) is 1. The molecule has 0 aromatic heterocycles. The van der Waals surface area contributed by atoms with E-state index in [0.717, 1.165) is 34.5 Å². The minimum absolute atomic E-state index is 0.0341. The van der Waals surface area contributed by atoms with Crippen LogP contribution in [0, 0.1) is 0 Å². The zero-order chi connectivity index (χ0) is 17.4. The molecule has 0 spiro atoms. The molecule has 5 heteroatoms. The van der Waals surface area contributed by atoms with Crippen LogP contribution in [0.3, 0.4) is 0 Å². The van der Waals surface area contributed by atoms with Gasteiger partial charge in [0.1, 0.15) is 5.75 Å². The fourth-order valence-electron chi connectivity index (χ4n) is 3.63. The van der Waals surface area contributed by atoms with E-state index in [4.69, 9.17) is 4.74 Å². The molecule has 1 atom stereocenters. The van der Waals surface area contributed by atoms with Gasteiger partial charge in [-0.2, -0.15) is 0 Å². The Hall–Kier alpha value is -2.82. The van der Waals surface area contributed by atoms with Gasteiger partial charge in [0.2, 0.25) is 5.91 Å². The average molecular weight is 336 g/mol. The topological polar surface area (TPSA) is 58.6 Å². The Kier molecular flexibility index (Phi) is 3.92. The molecule has 0 fully saturated rings. The first-order chi connectivity index (χ1) is 12.1. The van der Waals surface area contributed by atoms with Gasteiger partial charge in [-0.05, 0) is 35.2 Å². The van der Waals surface area contributed by atoms with E-state index in [1.54, 1.807) is 0 Å². The summed E-state index contributed by atoms with van der Waals surface area (Å²) >= 11 is 0. The smallest absolute Gasteiger partial charge is 0.264 e. The number of carbonyl (C=O) groups is 2. The van der Waals surface area contributed by atoms with Crippen LogP contribution < -0.4 is 10.1 Å². The largest absolute Gasteiger partial charge is 0.480 e. The van der Waals surface area contributed by atoms with E-state index in [0.29, 0.717) is 19.5 Å². The molecular formula is C20H20N2O3. The van der Waals surface area contributed by atoms with Crippen molar-refractivity contribution >= 4 is 17.5 Å². The molecule has 0 saturated heterocycles. The van der Waals surface area contributed by atoms with Crippen LogP contribution in [0.2, 0.25) is 0 Å². The Labute approximate surface area is 146 Å². The second-order valence-electron chi connectivity index (χ2n) is 6.55. The molecule has 2 aliphatic rings. The van der Waals surface area contributed by atoms with Gasteiger partial charge in [-0.25, -0.2) is 0 Å². The van der Waals surface area contributed by atoms with E-state index in [9.17, 15) is 9.59 Å². The van der Waals surface area contributed by atoms with Crippen molar-refractivity contribution in [2.24, 2.45) is 0 Å². The lowest BCUT2D eigenvalue weighted by Crippen LogP contribution is -2.44. The molecule has 25 heavy (non-hydrogen) atoms. The van der Waals surface area contributed by atoms with Gasteiger partial charge in [0.15, 0.2) is 6.10 Å². The summed E-state index contributed by atoms with van der Waals surface area (Å²) in [4.78, 5) is 26.1. The zero-order valence-corrected chi connectivity index (χ0v) is 14.1. The van der Waals surface area contributed by atoms with Crippen molar-refractivity contribution in [1.82, 2.24) is 4.90 Å². The standard InChI is InChI=1S/C20H20N2O3/c1-13(23)21-17-7-4-6-15-12-22(10-9-16(15)17)20(24)19-11-14-5-2-3-8-18(14)25-19/h2-8,19H,9-12H2,1H3,(H,21,23)/t19-/m1/s1. The van der Waals surface area contributed by atoms with Crippen LogP contribution in [-0.4, -0.2) is 29.4 Å². The Morgan fingerprint density at radius 1 is 1.12 bits per heavy atom. The maximum atomic E-state index is 12.9. The van der Waals surface area contributed by atoms with Gasteiger partial charge in [0.25, 0.3) is 5.91 Å². The number of nitrogens with one attached hydrogen (secondary N) is 1. The molecule has 0 bridgehead atoms. The lowest BCUT2D eigenvalue weighted by Gasteiger charge is -2.31. The van der Waals surface area contributed by atoms with Gasteiger partial charge in [0, 0.05) is 32.1 Å². The third kappa shape index (κ3) is 2.97. The Balaban J connectivity index is 1.50. The number of fused-ring (bicyclic) bond motifs is 2. The SMILES string of the molecule is CC(=O)Nc1cccc2c1CCN(C(=O)[C@H]1Cc3ccccc3O1)C2. The monoisotopic (exact) mass is 336 g/mol. The third-order valence-electron chi connectivity index (χ3n) is 4.81. The number of rotatable bonds is 2. The predicted molar refractivity (Wildman–Crippen MR) is 94.4 cm³/mol. The van der Waals surface area contributed by atoms with Crippen LogP contribution in [0.15, 0.2) is 42.5 Å². The molecule has 0 unspecified atom stereocenters. The van der Waals surface area contributed by atoms with Crippen LogP contribution in [0.25, 0.3) is 0 Å². The van der Waals surface area contributed by atoms with Crippen molar-refractivity contribution in [3.63, 3.8) is 0 Å². The molecule has 2 aliphatic heterocycles. The Morgan fingerprint density at radius 3 is 2.72 bits per heavy atom. The van der Waals surface area contributed by atoms with E-state index in [2.05, 4.69) is 5.32 Å². The van der Waals surface area contributed by atoms with Crippen LogP contribution in [0.1, 0.15) is 23.6 Å². The number of para-hydroxylation sites is 1. The highest BCUT2D eigenvalue weighted by atomic mass is 16.5. The fourth-order valence-corrected chi connectivity index (χ4v) is 3.63. The van der Waals surface area contributed by atoms with Crippen LogP contribution in [0.5, 0.6) is 5.75 Å². The van der Waals surface area contributed by atoms with Crippen molar-refractivity contribution in [3.8, 4) is 5.75 Å². The molecule has 1 N–H and O–H groups in total. The fraction of sp³-hybridized carbons (Fsp3) is 0.300. The Morgan fingerprint density at radius 2 is 1.92 bits per heavy atom. The lowest BCUT2D eigenvalue weighted by atomic mass is 9.97. The number of ether oxygens (including phenoxy) is 1. The summed E-state index contributed by atoms with van der Waals surface area (Å²) in [5.41, 5.74) is 4.14. The number of carbonyl (C=O) groups excluding carboxylic acids is 2. The van der Waals surface area contributed by atoms with Crippen molar-refractivity contribution in [3.05, 3.63) is 59.2 Å². The van der Waals surface area contributed by atoms with Crippen molar-refractivity contribution < 1.29 is 14.3 Å². The molecule has 2 amide bonds. The summed E-state index contributed by atoms with van der Waals surface area (Å²) in [7, 11) is 0. The summed E-state index contributed by atoms with van der Waals surface area (Å²) < 4.78 is 5.84. The highest BCUT2D eigenvalue weighted by Crippen LogP contribution is 2.31. The summed E-state index contributed by atoms with van der Waals surface area (Å²) in [6.07, 6.45) is 0.930. The quantitative estimate of drug-likeness (QED) is 0.917. The zero-order valence-electron chi connectivity index (χ0n) is 14.1. The average Bonchev–Trinajstić information content (AvgIpc) is 3.04. The van der Waals surface area contributed by atoms with Gasteiger partial charge in [-0.1, -0.05) is 30.3 Å². The van der Waals surface area contributed by atoms with E-state index in [1.807, 2.05) is 47.4 Å². The van der Waals surface area contributed by atoms with Gasteiger partial charge in [0.05, 0.1) is 0 Å². The second kappa shape index (κ2) is 6.24. The normalized spacial score (nSPS) is 18.1. The number of anilines is 1. The van der Waals surface area contributed by atoms with Crippen LogP contribution in [-0.2, 0) is 29.0 Å². The van der Waals surface area contributed by atoms with E-state index in [-0.39, 0.29) is 11.8 Å². The molecular weight excluding hydrogens is 316 g/mol. The number of hydrogen-bond acceptors (Lipinski definition) is 3. The molecule has 128 valence electrons. The summed E-state index contributed by atoms with van der Waals surface area (Å²) in [6, 6.07) is 13.7. The van der Waals surface area contributed by atoms with Gasteiger partial charge in [-0.15, -0.1) is 0 Å². The first-order valence-electron chi connectivity index (χ1n) is 8.53. The molecule has 2 aromatic rings. The molecule has 0 radical (unpaired) electrons. The minimum Gasteiger partial charge on any atom is -0.480 e. The summed E-state index contributed by atoms with van der Waals surface area (Å²) in [5.74, 6) is 0.766. The maximum absolute atomic E-state index is 12.9. The molecule has 0 aliphatic carbocycles. The molecule has 5 nitrogen and oxygen atoms in total. The van der Waals surface area contributed by atoms with E-state index >= 15 is 0 Å². The van der Waals surface area contributed by atoms with Crippen molar-refractivity contribution in [2.45, 2.75) is 32.4 Å². The minimum atomic E-state index is -0.433. The Bertz CT molecular complexity index is 822. The first-order valence-corrected chi connectivity index (χ1v) is 8.53. The van der Waals surface area contributed by atoms with Gasteiger partial charge in [-0.3, -0.25) is 9.59 Å². The molecule has 4 rings (SSSR count).